The standard InChI is InChI=1S/C16H32N4O2S/c1-15(2,21-4)11-18-14(17-3)19-12-16(5-10-23-13-16)20-6-8-22-9-7-20/h5-13H2,1-4H3,(H2,17,18,19). The van der Waals surface area contributed by atoms with Gasteiger partial charge < -0.3 is 20.1 Å². The molecule has 23 heavy (non-hydrogen) atoms. The number of morpholine rings is 1. The molecule has 2 saturated heterocycles. The zero-order valence-corrected chi connectivity index (χ0v) is 15.8. The molecule has 6 nitrogen and oxygen atoms in total. The molecule has 134 valence electrons. The topological polar surface area (TPSA) is 58.1 Å². The van der Waals surface area contributed by atoms with Crippen LogP contribution in [0.2, 0.25) is 0 Å². The monoisotopic (exact) mass is 344 g/mol. The Kier molecular flexibility index (Phi) is 7.00. The Hall–Kier alpha value is -0.500. The van der Waals surface area contributed by atoms with Gasteiger partial charge in [-0.3, -0.25) is 9.89 Å². The number of rotatable bonds is 6. The fourth-order valence-corrected chi connectivity index (χ4v) is 4.45. The number of nitrogens with zero attached hydrogens (tertiary/aromatic N) is 2. The van der Waals surface area contributed by atoms with Crippen molar-refractivity contribution < 1.29 is 9.47 Å². The van der Waals surface area contributed by atoms with Crippen molar-refractivity contribution in [3.05, 3.63) is 0 Å². The van der Waals surface area contributed by atoms with Crippen molar-refractivity contribution in [2.45, 2.75) is 31.4 Å². The highest BCUT2D eigenvalue weighted by Crippen LogP contribution is 2.33. The minimum Gasteiger partial charge on any atom is -0.379 e. The third-order valence-corrected chi connectivity index (χ3v) is 6.04. The molecule has 2 heterocycles. The van der Waals surface area contributed by atoms with E-state index in [1.807, 2.05) is 7.05 Å². The average molecular weight is 345 g/mol. The molecular formula is C16H32N4O2S. The first-order chi connectivity index (χ1) is 11.0. The summed E-state index contributed by atoms with van der Waals surface area (Å²) in [5.74, 6) is 3.27. The molecule has 2 rings (SSSR count). The summed E-state index contributed by atoms with van der Waals surface area (Å²) < 4.78 is 11.0. The summed E-state index contributed by atoms with van der Waals surface area (Å²) in [7, 11) is 3.56. The molecule has 1 atom stereocenters. The molecular weight excluding hydrogens is 312 g/mol. The second-order valence-corrected chi connectivity index (χ2v) is 7.97. The molecule has 7 heteroatoms. The van der Waals surface area contributed by atoms with E-state index in [0.29, 0.717) is 0 Å². The van der Waals surface area contributed by atoms with Gasteiger partial charge in [-0.05, 0) is 26.0 Å². The Morgan fingerprint density at radius 2 is 2.09 bits per heavy atom. The third-order valence-electron chi connectivity index (χ3n) is 4.81. The van der Waals surface area contributed by atoms with Crippen LogP contribution in [-0.4, -0.2) is 87.1 Å². The highest BCUT2D eigenvalue weighted by atomic mass is 32.2. The van der Waals surface area contributed by atoms with Gasteiger partial charge in [0.15, 0.2) is 5.96 Å². The molecule has 0 saturated carbocycles. The summed E-state index contributed by atoms with van der Waals surface area (Å²) in [4.78, 5) is 6.96. The number of thioether (sulfide) groups is 1. The molecule has 2 aliphatic heterocycles. The van der Waals surface area contributed by atoms with Crippen LogP contribution in [-0.2, 0) is 9.47 Å². The first-order valence-corrected chi connectivity index (χ1v) is 9.57. The fraction of sp³-hybridized carbons (Fsp3) is 0.938. The molecule has 2 N–H and O–H groups in total. The van der Waals surface area contributed by atoms with Crippen molar-refractivity contribution >= 4 is 17.7 Å². The normalized spacial score (nSPS) is 27.2. The summed E-state index contributed by atoms with van der Waals surface area (Å²) in [6.45, 7) is 9.54. The highest BCUT2D eigenvalue weighted by molar-refractivity contribution is 7.99. The van der Waals surface area contributed by atoms with Crippen LogP contribution < -0.4 is 10.6 Å². The van der Waals surface area contributed by atoms with Crippen LogP contribution in [0.5, 0.6) is 0 Å². The third kappa shape index (κ3) is 5.24. The van der Waals surface area contributed by atoms with Crippen molar-refractivity contribution in [3.63, 3.8) is 0 Å². The molecule has 0 radical (unpaired) electrons. The lowest BCUT2D eigenvalue weighted by Gasteiger charge is -2.43. The lowest BCUT2D eigenvalue weighted by Crippen LogP contribution is -2.60. The second kappa shape index (κ2) is 8.55. The summed E-state index contributed by atoms with van der Waals surface area (Å²) in [6.07, 6.45) is 1.23. The minimum atomic E-state index is -0.206. The first kappa shape index (κ1) is 18.8. The Labute approximate surface area is 144 Å². The van der Waals surface area contributed by atoms with Crippen molar-refractivity contribution in [2.24, 2.45) is 4.99 Å². The predicted molar refractivity (Wildman–Crippen MR) is 97.5 cm³/mol. The summed E-state index contributed by atoms with van der Waals surface area (Å²) in [5, 5.41) is 6.90. The van der Waals surface area contributed by atoms with Crippen LogP contribution in [0.3, 0.4) is 0 Å². The number of aliphatic imine (C=N–C) groups is 1. The van der Waals surface area contributed by atoms with Gasteiger partial charge in [0.2, 0.25) is 0 Å². The van der Waals surface area contributed by atoms with Gasteiger partial charge in [-0.1, -0.05) is 0 Å². The lowest BCUT2D eigenvalue weighted by atomic mass is 9.95. The van der Waals surface area contributed by atoms with E-state index in [4.69, 9.17) is 9.47 Å². The van der Waals surface area contributed by atoms with Crippen LogP contribution in [0.25, 0.3) is 0 Å². The van der Waals surface area contributed by atoms with Gasteiger partial charge in [0.25, 0.3) is 0 Å². The van der Waals surface area contributed by atoms with Gasteiger partial charge in [-0.25, -0.2) is 0 Å². The van der Waals surface area contributed by atoms with Gasteiger partial charge in [-0.15, -0.1) is 0 Å². The van der Waals surface area contributed by atoms with Gasteiger partial charge >= 0.3 is 0 Å². The van der Waals surface area contributed by atoms with E-state index in [9.17, 15) is 0 Å². The minimum absolute atomic E-state index is 0.206. The highest BCUT2D eigenvalue weighted by Gasteiger charge is 2.40. The van der Waals surface area contributed by atoms with Gasteiger partial charge in [0, 0.05) is 51.6 Å². The van der Waals surface area contributed by atoms with E-state index in [1.54, 1.807) is 7.11 Å². The summed E-state index contributed by atoms with van der Waals surface area (Å²) in [5.41, 5.74) is 0.0194. The molecule has 1 unspecified atom stereocenters. The maximum Gasteiger partial charge on any atom is 0.191 e. The molecule has 0 aromatic carbocycles. The molecule has 2 fully saturated rings. The molecule has 0 aromatic rings. The van der Waals surface area contributed by atoms with Gasteiger partial charge in [0.05, 0.1) is 18.8 Å². The largest absolute Gasteiger partial charge is 0.379 e. The summed E-state index contributed by atoms with van der Waals surface area (Å²) >= 11 is 2.05. The zero-order valence-electron chi connectivity index (χ0n) is 15.0. The Morgan fingerprint density at radius 1 is 1.35 bits per heavy atom. The molecule has 2 aliphatic rings. The number of hydrogen-bond donors (Lipinski definition) is 2. The smallest absolute Gasteiger partial charge is 0.191 e. The van der Waals surface area contributed by atoms with Crippen LogP contribution in [0.15, 0.2) is 4.99 Å². The van der Waals surface area contributed by atoms with Gasteiger partial charge in [-0.2, -0.15) is 11.8 Å². The second-order valence-electron chi connectivity index (χ2n) is 6.87. The summed E-state index contributed by atoms with van der Waals surface area (Å²) in [6, 6.07) is 0. The average Bonchev–Trinajstić information content (AvgIpc) is 3.06. The zero-order chi connectivity index (χ0) is 16.8. The molecule has 0 aliphatic carbocycles. The van der Waals surface area contributed by atoms with Crippen LogP contribution in [0.1, 0.15) is 20.3 Å². The van der Waals surface area contributed by atoms with E-state index in [2.05, 4.69) is 46.1 Å². The molecule has 0 amide bonds. The number of hydrogen-bond acceptors (Lipinski definition) is 5. The Bertz CT molecular complexity index is 392. The molecule has 0 bridgehead atoms. The molecule has 0 spiro atoms. The maximum atomic E-state index is 5.52. The Balaban J connectivity index is 1.89. The first-order valence-electron chi connectivity index (χ1n) is 8.42. The SMILES string of the molecule is CN=C(NCC(C)(C)OC)NCC1(N2CCOCC2)CCSC1. The predicted octanol–water partition coefficient (Wildman–Crippen LogP) is 0.784. The Morgan fingerprint density at radius 3 is 2.65 bits per heavy atom. The maximum absolute atomic E-state index is 5.52. The van der Waals surface area contributed by atoms with E-state index >= 15 is 0 Å². The number of nitrogens with one attached hydrogen (secondary N) is 2. The fourth-order valence-electron chi connectivity index (χ4n) is 2.97. The van der Waals surface area contributed by atoms with Crippen LogP contribution in [0, 0.1) is 0 Å². The van der Waals surface area contributed by atoms with Gasteiger partial charge in [0.1, 0.15) is 0 Å². The van der Waals surface area contributed by atoms with E-state index in [1.165, 1.54) is 17.9 Å². The van der Waals surface area contributed by atoms with Crippen molar-refractivity contribution in [3.8, 4) is 0 Å². The molecule has 0 aromatic heterocycles. The number of guanidine groups is 1. The van der Waals surface area contributed by atoms with E-state index in [-0.39, 0.29) is 11.1 Å². The van der Waals surface area contributed by atoms with Crippen LogP contribution in [0.4, 0.5) is 0 Å². The number of methoxy groups -OCH3 is 1. The van der Waals surface area contributed by atoms with E-state index < -0.39 is 0 Å². The van der Waals surface area contributed by atoms with Crippen LogP contribution >= 0.6 is 11.8 Å². The number of ether oxygens (including phenoxy) is 2. The van der Waals surface area contributed by atoms with Crippen molar-refractivity contribution in [1.29, 1.82) is 0 Å². The van der Waals surface area contributed by atoms with Crippen molar-refractivity contribution in [2.75, 3.05) is 65.1 Å². The van der Waals surface area contributed by atoms with Crippen molar-refractivity contribution in [1.82, 2.24) is 15.5 Å². The lowest BCUT2D eigenvalue weighted by molar-refractivity contribution is -0.0120. The van der Waals surface area contributed by atoms with E-state index in [0.717, 1.165) is 45.4 Å². The quantitative estimate of drug-likeness (QED) is 0.549.